The quantitative estimate of drug-likeness (QED) is 0.747. The Balaban J connectivity index is 1.76. The summed E-state index contributed by atoms with van der Waals surface area (Å²) in [6.45, 7) is -0.199. The number of oxazole rings is 1. The van der Waals surface area contributed by atoms with Crippen LogP contribution in [0.15, 0.2) is 41.1 Å². The zero-order valence-corrected chi connectivity index (χ0v) is 12.7. The fourth-order valence-corrected chi connectivity index (χ4v) is 2.44. The summed E-state index contributed by atoms with van der Waals surface area (Å²) in [4.78, 5) is 7.75. The molecule has 1 unspecified atom stereocenters. The minimum absolute atomic E-state index is 0.0977. The molecule has 1 atom stereocenters. The predicted molar refractivity (Wildman–Crippen MR) is 80.3 cm³/mol. The summed E-state index contributed by atoms with van der Waals surface area (Å²) in [5.74, 6) is -0.464. The second-order valence-electron chi connectivity index (χ2n) is 5.38. The molecule has 128 valence electrons. The van der Waals surface area contributed by atoms with Gasteiger partial charge in [-0.05, 0) is 12.1 Å². The summed E-state index contributed by atoms with van der Waals surface area (Å²) >= 11 is 0. The summed E-state index contributed by atoms with van der Waals surface area (Å²) in [5.41, 5.74) is -1.95. The molecule has 3 rings (SSSR count). The minimum Gasteiger partial charge on any atom is -0.424 e. The Hall–Kier alpha value is -2.55. The molecule has 1 aromatic carbocycles. The highest BCUT2D eigenvalue weighted by Crippen LogP contribution is 2.40. The van der Waals surface area contributed by atoms with Crippen molar-refractivity contribution in [2.75, 3.05) is 11.9 Å². The van der Waals surface area contributed by atoms with Crippen molar-refractivity contribution in [1.29, 1.82) is 0 Å². The van der Waals surface area contributed by atoms with E-state index in [1.807, 2.05) is 0 Å². The molecule has 2 N–H and O–H groups in total. The number of benzene rings is 1. The van der Waals surface area contributed by atoms with E-state index in [2.05, 4.69) is 15.3 Å². The van der Waals surface area contributed by atoms with Crippen LogP contribution >= 0.6 is 0 Å². The molecule has 24 heavy (non-hydrogen) atoms. The lowest BCUT2D eigenvalue weighted by Crippen LogP contribution is -2.45. The normalized spacial score (nSPS) is 14.7. The first kappa shape index (κ1) is 16.3. The maximum atomic E-state index is 13.4. The van der Waals surface area contributed by atoms with Crippen molar-refractivity contribution in [3.05, 3.63) is 42.5 Å². The molecule has 0 radical (unpaired) electrons. The molecule has 0 spiro atoms. The third-order valence-corrected chi connectivity index (χ3v) is 3.72. The SMILES string of the molecule is Cn1ccnc1C(O)(CCNc1nc2ccccc2o1)C(F)(F)F. The lowest BCUT2D eigenvalue weighted by Gasteiger charge is -2.29. The van der Waals surface area contributed by atoms with E-state index in [9.17, 15) is 18.3 Å². The molecule has 0 fully saturated rings. The fourth-order valence-electron chi connectivity index (χ4n) is 2.44. The van der Waals surface area contributed by atoms with Crippen molar-refractivity contribution in [2.24, 2.45) is 7.05 Å². The van der Waals surface area contributed by atoms with Crippen LogP contribution in [0.2, 0.25) is 0 Å². The van der Waals surface area contributed by atoms with E-state index in [0.29, 0.717) is 11.1 Å². The highest BCUT2D eigenvalue weighted by molar-refractivity contribution is 5.74. The van der Waals surface area contributed by atoms with E-state index >= 15 is 0 Å². The highest BCUT2D eigenvalue weighted by atomic mass is 19.4. The highest BCUT2D eigenvalue weighted by Gasteiger charge is 2.57. The molecular formula is C15H15F3N4O2. The molecule has 0 amide bonds. The van der Waals surface area contributed by atoms with Gasteiger partial charge in [-0.15, -0.1) is 0 Å². The number of halogens is 3. The van der Waals surface area contributed by atoms with Crippen molar-refractivity contribution >= 4 is 17.1 Å². The van der Waals surface area contributed by atoms with Gasteiger partial charge in [-0.1, -0.05) is 12.1 Å². The number of imidazole rings is 1. The average Bonchev–Trinajstić information content (AvgIpc) is 3.11. The van der Waals surface area contributed by atoms with Gasteiger partial charge in [-0.2, -0.15) is 18.2 Å². The Morgan fingerprint density at radius 1 is 1.29 bits per heavy atom. The summed E-state index contributed by atoms with van der Waals surface area (Å²) < 4.78 is 46.6. The molecule has 0 bridgehead atoms. The van der Waals surface area contributed by atoms with Gasteiger partial charge in [-0.25, -0.2) is 4.98 Å². The Bertz CT molecular complexity index is 809. The molecule has 9 heteroatoms. The minimum atomic E-state index is -4.87. The Morgan fingerprint density at radius 3 is 2.67 bits per heavy atom. The van der Waals surface area contributed by atoms with E-state index in [-0.39, 0.29) is 12.6 Å². The second kappa shape index (κ2) is 5.82. The summed E-state index contributed by atoms with van der Waals surface area (Å²) in [7, 11) is 1.40. The van der Waals surface area contributed by atoms with Gasteiger partial charge in [0.25, 0.3) is 6.01 Å². The van der Waals surface area contributed by atoms with Crippen LogP contribution in [-0.4, -0.2) is 32.4 Å². The van der Waals surface area contributed by atoms with Crippen LogP contribution in [-0.2, 0) is 12.6 Å². The number of nitrogens with one attached hydrogen (secondary N) is 1. The molecule has 6 nitrogen and oxygen atoms in total. The fraction of sp³-hybridized carbons (Fsp3) is 0.333. The lowest BCUT2D eigenvalue weighted by molar-refractivity contribution is -0.271. The summed E-state index contributed by atoms with van der Waals surface area (Å²) in [6, 6.07) is 7.07. The number of alkyl halides is 3. The van der Waals surface area contributed by atoms with Gasteiger partial charge >= 0.3 is 6.18 Å². The number of fused-ring (bicyclic) bond motifs is 1. The van der Waals surface area contributed by atoms with Crippen molar-refractivity contribution in [3.63, 3.8) is 0 Å². The van der Waals surface area contributed by atoms with Gasteiger partial charge in [0.05, 0.1) is 0 Å². The molecule has 0 saturated carbocycles. The van der Waals surface area contributed by atoms with Crippen LogP contribution in [0.25, 0.3) is 11.1 Å². The molecule has 2 aromatic heterocycles. The third kappa shape index (κ3) is 2.82. The van der Waals surface area contributed by atoms with Crippen molar-refractivity contribution in [3.8, 4) is 0 Å². The first-order chi connectivity index (χ1) is 11.3. The maximum Gasteiger partial charge on any atom is 0.424 e. The number of hydrogen-bond donors (Lipinski definition) is 2. The van der Waals surface area contributed by atoms with E-state index < -0.39 is 24.0 Å². The average molecular weight is 340 g/mol. The second-order valence-corrected chi connectivity index (χ2v) is 5.38. The summed E-state index contributed by atoms with van der Waals surface area (Å²) in [5, 5.41) is 12.9. The molecule has 0 aliphatic heterocycles. The first-order valence-electron chi connectivity index (χ1n) is 7.17. The van der Waals surface area contributed by atoms with Crippen molar-refractivity contribution in [1.82, 2.24) is 14.5 Å². The molecule has 0 aliphatic rings. The van der Waals surface area contributed by atoms with Crippen molar-refractivity contribution < 1.29 is 22.7 Å². The Labute approximate surface area is 134 Å². The van der Waals surface area contributed by atoms with Crippen molar-refractivity contribution in [2.45, 2.75) is 18.2 Å². The zero-order valence-electron chi connectivity index (χ0n) is 12.7. The van der Waals surface area contributed by atoms with Gasteiger partial charge in [0.2, 0.25) is 5.60 Å². The number of aliphatic hydroxyl groups is 1. The van der Waals surface area contributed by atoms with E-state index in [1.54, 1.807) is 24.3 Å². The van der Waals surface area contributed by atoms with E-state index in [4.69, 9.17) is 4.42 Å². The maximum absolute atomic E-state index is 13.4. The molecule has 2 heterocycles. The number of aromatic nitrogens is 3. The number of hydrogen-bond acceptors (Lipinski definition) is 5. The van der Waals surface area contributed by atoms with Crippen LogP contribution in [0.3, 0.4) is 0 Å². The molecular weight excluding hydrogens is 325 g/mol. The van der Waals surface area contributed by atoms with Crippen LogP contribution in [0.4, 0.5) is 19.2 Å². The topological polar surface area (TPSA) is 76.1 Å². The monoisotopic (exact) mass is 340 g/mol. The number of aryl methyl sites for hydroxylation is 1. The van der Waals surface area contributed by atoms with Gasteiger partial charge in [0.15, 0.2) is 5.58 Å². The number of rotatable bonds is 5. The van der Waals surface area contributed by atoms with Gasteiger partial charge < -0.3 is 19.4 Å². The number of nitrogens with zero attached hydrogens (tertiary/aromatic N) is 3. The summed E-state index contributed by atoms with van der Waals surface area (Å²) in [6.07, 6.45) is -2.95. The van der Waals surface area contributed by atoms with Crippen LogP contribution in [0.5, 0.6) is 0 Å². The van der Waals surface area contributed by atoms with E-state index in [1.165, 1.54) is 19.4 Å². The zero-order chi connectivity index (χ0) is 17.4. The smallest absolute Gasteiger partial charge is 0.424 e. The molecule has 3 aromatic rings. The largest absolute Gasteiger partial charge is 0.424 e. The van der Waals surface area contributed by atoms with Crippen LogP contribution in [0.1, 0.15) is 12.2 Å². The predicted octanol–water partition coefficient (Wildman–Crippen LogP) is 2.81. The lowest BCUT2D eigenvalue weighted by atomic mass is 9.97. The molecule has 0 aliphatic carbocycles. The Morgan fingerprint density at radius 2 is 2.04 bits per heavy atom. The Kier molecular flexibility index (Phi) is 3.96. The van der Waals surface area contributed by atoms with Crippen LogP contribution < -0.4 is 5.32 Å². The van der Waals surface area contributed by atoms with Gasteiger partial charge in [-0.3, -0.25) is 0 Å². The number of anilines is 1. The third-order valence-electron chi connectivity index (χ3n) is 3.72. The van der Waals surface area contributed by atoms with Gasteiger partial charge in [0.1, 0.15) is 11.3 Å². The number of para-hydroxylation sites is 2. The van der Waals surface area contributed by atoms with E-state index in [0.717, 1.165) is 4.57 Å². The first-order valence-corrected chi connectivity index (χ1v) is 7.17. The van der Waals surface area contributed by atoms with Gasteiger partial charge in [0, 0.05) is 32.4 Å². The standard InChI is InChI=1S/C15H15F3N4O2/c1-22-9-8-19-12(22)14(23,15(16,17)18)6-7-20-13-21-10-4-2-3-5-11(10)24-13/h2-5,8-9,23H,6-7H2,1H3,(H,20,21). The molecule has 0 saturated heterocycles. The van der Waals surface area contributed by atoms with Crippen LogP contribution in [0, 0.1) is 0 Å².